The van der Waals surface area contributed by atoms with Gasteiger partial charge < -0.3 is 4.74 Å². The summed E-state index contributed by atoms with van der Waals surface area (Å²) in [4.78, 5) is 1.89. The van der Waals surface area contributed by atoms with E-state index in [-0.39, 0.29) is 17.7 Å². The average molecular weight is 349 g/mol. The minimum atomic E-state index is -3.94. The van der Waals surface area contributed by atoms with Crippen LogP contribution in [0.25, 0.3) is 0 Å². The molecule has 122 valence electrons. The molecule has 2 atom stereocenters. The van der Waals surface area contributed by atoms with Crippen molar-refractivity contribution in [3.8, 4) is 0 Å². The first-order valence-electron chi connectivity index (χ1n) is 7.27. The number of hydrogen-bond donors (Lipinski definition) is 1. The lowest BCUT2D eigenvalue weighted by Gasteiger charge is -2.35. The zero-order valence-electron chi connectivity index (χ0n) is 12.0. The number of nitrogens with zero attached hydrogens (tertiary/aromatic N) is 1. The summed E-state index contributed by atoms with van der Waals surface area (Å²) in [6.45, 7) is 2.47. The predicted octanol–water partition coefficient (Wildman–Crippen LogP) is 1.62. The van der Waals surface area contributed by atoms with Crippen LogP contribution in [0.4, 0.5) is 4.39 Å². The monoisotopic (exact) mass is 348 g/mol. The van der Waals surface area contributed by atoms with Crippen molar-refractivity contribution in [3.05, 3.63) is 29.0 Å². The van der Waals surface area contributed by atoms with E-state index in [0.717, 1.165) is 19.4 Å². The Morgan fingerprint density at radius 1 is 1.45 bits per heavy atom. The smallest absolute Gasteiger partial charge is 0.243 e. The quantitative estimate of drug-likeness (QED) is 0.898. The van der Waals surface area contributed by atoms with Gasteiger partial charge in [0.25, 0.3) is 0 Å². The van der Waals surface area contributed by atoms with E-state index >= 15 is 0 Å². The molecule has 0 bridgehead atoms. The lowest BCUT2D eigenvalue weighted by molar-refractivity contribution is -0.0449. The van der Waals surface area contributed by atoms with Crippen LogP contribution in [-0.2, 0) is 14.8 Å². The SMILES string of the molecule is O=S(=O)(NC[C@@H]1CN2CCC[C@@H]2CO1)c1cccc(Cl)c1F. The number of morpholine rings is 1. The highest BCUT2D eigenvalue weighted by atomic mass is 35.5. The molecule has 8 heteroatoms. The van der Waals surface area contributed by atoms with Crippen LogP contribution in [0.1, 0.15) is 12.8 Å². The molecule has 0 amide bonds. The third-order valence-corrected chi connectivity index (χ3v) is 5.90. The molecule has 0 spiro atoms. The highest BCUT2D eigenvalue weighted by Gasteiger charge is 2.33. The second-order valence-electron chi connectivity index (χ2n) is 5.65. The van der Waals surface area contributed by atoms with Crippen LogP contribution in [-0.4, -0.2) is 51.7 Å². The largest absolute Gasteiger partial charge is 0.374 e. The second-order valence-corrected chi connectivity index (χ2v) is 7.79. The van der Waals surface area contributed by atoms with Crippen LogP contribution in [0.15, 0.2) is 23.1 Å². The molecule has 2 fully saturated rings. The van der Waals surface area contributed by atoms with Crippen LogP contribution < -0.4 is 4.72 Å². The van der Waals surface area contributed by atoms with Crippen LogP contribution in [0.5, 0.6) is 0 Å². The molecule has 2 heterocycles. The van der Waals surface area contributed by atoms with Gasteiger partial charge in [-0.2, -0.15) is 0 Å². The van der Waals surface area contributed by atoms with Crippen molar-refractivity contribution >= 4 is 21.6 Å². The van der Waals surface area contributed by atoms with E-state index in [0.29, 0.717) is 19.2 Å². The molecule has 2 aliphatic rings. The zero-order chi connectivity index (χ0) is 15.7. The molecular formula is C14H18ClFN2O3S. The van der Waals surface area contributed by atoms with Gasteiger partial charge in [-0.1, -0.05) is 17.7 Å². The van der Waals surface area contributed by atoms with Crippen LogP contribution in [0.2, 0.25) is 5.02 Å². The van der Waals surface area contributed by atoms with E-state index < -0.39 is 20.7 Å². The van der Waals surface area contributed by atoms with Gasteiger partial charge in [-0.15, -0.1) is 0 Å². The van der Waals surface area contributed by atoms with Crippen molar-refractivity contribution in [2.75, 3.05) is 26.2 Å². The van der Waals surface area contributed by atoms with E-state index in [2.05, 4.69) is 9.62 Å². The highest BCUT2D eigenvalue weighted by molar-refractivity contribution is 7.89. The summed E-state index contributed by atoms with van der Waals surface area (Å²) in [6.07, 6.45) is 2.07. The molecule has 1 aromatic carbocycles. The fourth-order valence-electron chi connectivity index (χ4n) is 2.98. The minimum Gasteiger partial charge on any atom is -0.374 e. The van der Waals surface area contributed by atoms with E-state index in [1.165, 1.54) is 18.2 Å². The van der Waals surface area contributed by atoms with Gasteiger partial charge >= 0.3 is 0 Å². The molecule has 0 radical (unpaired) electrons. The summed E-state index contributed by atoms with van der Waals surface area (Å²) >= 11 is 5.63. The summed E-state index contributed by atoms with van der Waals surface area (Å²) in [5, 5.41) is -0.211. The maximum absolute atomic E-state index is 13.8. The molecule has 0 unspecified atom stereocenters. The Morgan fingerprint density at radius 2 is 2.27 bits per heavy atom. The Balaban J connectivity index is 1.64. The third-order valence-electron chi connectivity index (χ3n) is 4.17. The molecule has 0 aromatic heterocycles. The van der Waals surface area contributed by atoms with Crippen molar-refractivity contribution in [1.29, 1.82) is 0 Å². The molecule has 2 saturated heterocycles. The first-order valence-corrected chi connectivity index (χ1v) is 9.13. The summed E-state index contributed by atoms with van der Waals surface area (Å²) in [5.41, 5.74) is 0. The molecule has 3 rings (SSSR count). The Labute approximate surface area is 134 Å². The number of sulfonamides is 1. The summed E-state index contributed by atoms with van der Waals surface area (Å²) < 4.78 is 46.3. The normalized spacial score (nSPS) is 26.1. The number of benzene rings is 1. The fourth-order valence-corrected chi connectivity index (χ4v) is 4.38. The van der Waals surface area contributed by atoms with Gasteiger partial charge in [0.15, 0.2) is 5.82 Å². The molecule has 2 aliphatic heterocycles. The van der Waals surface area contributed by atoms with Gasteiger partial charge in [0.05, 0.1) is 17.7 Å². The molecular weight excluding hydrogens is 331 g/mol. The topological polar surface area (TPSA) is 58.6 Å². The first-order chi connectivity index (χ1) is 10.5. The number of halogens is 2. The van der Waals surface area contributed by atoms with Gasteiger partial charge in [-0.25, -0.2) is 17.5 Å². The average Bonchev–Trinajstić information content (AvgIpc) is 2.95. The van der Waals surface area contributed by atoms with Gasteiger partial charge in [0.2, 0.25) is 10.0 Å². The second kappa shape index (κ2) is 6.41. The van der Waals surface area contributed by atoms with Crippen molar-refractivity contribution in [2.45, 2.75) is 29.9 Å². The summed E-state index contributed by atoms with van der Waals surface area (Å²) in [7, 11) is -3.94. The standard InChI is InChI=1S/C14H18ClFN2O3S/c15-12-4-1-5-13(14(12)16)22(19,20)17-7-11-8-18-6-2-3-10(18)9-21-11/h1,4-5,10-11,17H,2-3,6-9H2/t10-,11-/m1/s1. The first kappa shape index (κ1) is 16.1. The molecule has 22 heavy (non-hydrogen) atoms. The van der Waals surface area contributed by atoms with E-state index in [1.54, 1.807) is 0 Å². The van der Waals surface area contributed by atoms with Gasteiger partial charge in [-0.05, 0) is 31.5 Å². The number of nitrogens with one attached hydrogen (secondary N) is 1. The lowest BCUT2D eigenvalue weighted by atomic mass is 10.2. The summed E-state index contributed by atoms with van der Waals surface area (Å²) in [5.74, 6) is -0.930. The van der Waals surface area contributed by atoms with Gasteiger partial charge in [0, 0.05) is 19.1 Å². The predicted molar refractivity (Wildman–Crippen MR) is 80.9 cm³/mol. The van der Waals surface area contributed by atoms with E-state index in [1.807, 2.05) is 0 Å². The van der Waals surface area contributed by atoms with Crippen molar-refractivity contribution in [2.24, 2.45) is 0 Å². The zero-order valence-corrected chi connectivity index (χ0v) is 13.5. The Hall–Kier alpha value is -0.730. The van der Waals surface area contributed by atoms with Crippen LogP contribution >= 0.6 is 11.6 Å². The number of rotatable bonds is 4. The Morgan fingerprint density at radius 3 is 3.09 bits per heavy atom. The maximum Gasteiger partial charge on any atom is 0.243 e. The van der Waals surface area contributed by atoms with E-state index in [4.69, 9.17) is 16.3 Å². The molecule has 0 aliphatic carbocycles. The maximum atomic E-state index is 13.8. The van der Waals surface area contributed by atoms with Crippen molar-refractivity contribution in [3.63, 3.8) is 0 Å². The van der Waals surface area contributed by atoms with Crippen molar-refractivity contribution < 1.29 is 17.5 Å². The molecule has 1 aromatic rings. The number of fused-ring (bicyclic) bond motifs is 1. The van der Waals surface area contributed by atoms with Crippen LogP contribution in [0, 0.1) is 5.82 Å². The minimum absolute atomic E-state index is 0.123. The number of hydrogen-bond acceptors (Lipinski definition) is 4. The van der Waals surface area contributed by atoms with Crippen molar-refractivity contribution in [1.82, 2.24) is 9.62 Å². The third kappa shape index (κ3) is 3.28. The fraction of sp³-hybridized carbons (Fsp3) is 0.571. The summed E-state index contributed by atoms with van der Waals surface area (Å²) in [6, 6.07) is 4.37. The van der Waals surface area contributed by atoms with Crippen LogP contribution in [0.3, 0.4) is 0 Å². The molecule has 5 nitrogen and oxygen atoms in total. The molecule has 1 N–H and O–H groups in total. The Kier molecular flexibility index (Phi) is 4.70. The molecule has 0 saturated carbocycles. The van der Waals surface area contributed by atoms with E-state index in [9.17, 15) is 12.8 Å². The van der Waals surface area contributed by atoms with Gasteiger partial charge in [-0.3, -0.25) is 4.90 Å². The highest BCUT2D eigenvalue weighted by Crippen LogP contribution is 2.24. The Bertz CT molecular complexity index is 655. The lowest BCUT2D eigenvalue weighted by Crippen LogP contribution is -2.50. The van der Waals surface area contributed by atoms with Gasteiger partial charge in [0.1, 0.15) is 4.90 Å². The number of ether oxygens (including phenoxy) is 1.